The highest BCUT2D eigenvalue weighted by Crippen LogP contribution is 2.45. The van der Waals surface area contributed by atoms with E-state index in [1.54, 1.807) is 41.9 Å². The number of nitrogens with zero attached hydrogens (tertiary/aromatic N) is 4. The number of hydrogen-bond acceptors (Lipinski definition) is 7. The van der Waals surface area contributed by atoms with Gasteiger partial charge in [-0.05, 0) is 73.1 Å². The molecule has 5 aromatic rings. The van der Waals surface area contributed by atoms with Crippen LogP contribution in [0.2, 0.25) is 5.02 Å². The zero-order valence-electron chi connectivity index (χ0n) is 22.9. The van der Waals surface area contributed by atoms with Crippen LogP contribution in [0.4, 0.5) is 15.9 Å². The first kappa shape index (κ1) is 27.6. The number of aromatic nitrogens is 4. The number of rotatable bonds is 10. The molecule has 3 heterocycles. The van der Waals surface area contributed by atoms with E-state index in [0.29, 0.717) is 23.2 Å². The Labute approximate surface area is 247 Å². The average Bonchev–Trinajstić information content (AvgIpc) is 3.53. The molecule has 6 rings (SSSR count). The Morgan fingerprint density at radius 3 is 2.83 bits per heavy atom. The minimum atomic E-state index is -0.410. The molecule has 1 aliphatic rings. The van der Waals surface area contributed by atoms with Crippen molar-refractivity contribution in [1.29, 1.82) is 0 Å². The molecule has 2 aromatic carbocycles. The Bertz CT molecular complexity index is 1700. The third kappa shape index (κ3) is 6.07. The lowest BCUT2D eigenvalue weighted by molar-refractivity contribution is 0.132. The maximum Gasteiger partial charge on any atom is 0.142 e. The lowest BCUT2D eigenvalue weighted by Gasteiger charge is -2.13. The van der Waals surface area contributed by atoms with Gasteiger partial charge in [0, 0.05) is 22.3 Å². The molecule has 0 unspecified atom stereocenters. The van der Waals surface area contributed by atoms with Crippen LogP contribution < -0.4 is 10.1 Å². The van der Waals surface area contributed by atoms with Crippen LogP contribution in [0.1, 0.15) is 43.5 Å². The maximum atomic E-state index is 13.5. The molecular formula is C31H31ClFN5O2S. The largest absolute Gasteiger partial charge is 0.487 e. The van der Waals surface area contributed by atoms with E-state index in [1.807, 2.05) is 10.7 Å². The summed E-state index contributed by atoms with van der Waals surface area (Å²) in [5.74, 6) is 1.50. The highest BCUT2D eigenvalue weighted by Gasteiger charge is 2.27. The molecular weight excluding hydrogens is 561 g/mol. The Morgan fingerprint density at radius 1 is 1.15 bits per heavy atom. The molecule has 0 amide bonds. The van der Waals surface area contributed by atoms with Crippen molar-refractivity contribution in [2.24, 2.45) is 5.92 Å². The van der Waals surface area contributed by atoms with Gasteiger partial charge < -0.3 is 15.2 Å². The van der Waals surface area contributed by atoms with E-state index in [-0.39, 0.29) is 12.4 Å². The third-order valence-electron chi connectivity index (χ3n) is 7.23. The molecule has 41 heavy (non-hydrogen) atoms. The number of aryl methyl sites for hydroxylation is 2. The molecule has 1 aliphatic carbocycles. The van der Waals surface area contributed by atoms with Crippen molar-refractivity contribution in [2.45, 2.75) is 58.8 Å². The second-order valence-electron chi connectivity index (χ2n) is 10.8. The van der Waals surface area contributed by atoms with E-state index < -0.39 is 6.10 Å². The van der Waals surface area contributed by atoms with Gasteiger partial charge in [-0.1, -0.05) is 37.6 Å². The van der Waals surface area contributed by atoms with E-state index >= 15 is 0 Å². The van der Waals surface area contributed by atoms with Crippen molar-refractivity contribution in [3.05, 3.63) is 82.6 Å². The average molecular weight is 592 g/mol. The van der Waals surface area contributed by atoms with E-state index in [4.69, 9.17) is 21.4 Å². The SMILES string of the molecule is CC(C)CC[C@@H](O)Cn1cc2c(n1)CCc1c-2sc2ncnc(Nc3ccc(OCc4cccc(F)c4)c(Cl)c3)c12. The third-order valence-corrected chi connectivity index (χ3v) is 8.70. The number of aliphatic hydroxyl groups excluding tert-OH is 1. The summed E-state index contributed by atoms with van der Waals surface area (Å²) in [5.41, 5.74) is 4.88. The highest BCUT2D eigenvalue weighted by molar-refractivity contribution is 7.22. The molecule has 0 saturated carbocycles. The number of ether oxygens (including phenoxy) is 1. The highest BCUT2D eigenvalue weighted by atomic mass is 35.5. The minimum Gasteiger partial charge on any atom is -0.487 e. The number of hydrogen-bond donors (Lipinski definition) is 2. The summed E-state index contributed by atoms with van der Waals surface area (Å²) in [6.45, 7) is 5.05. The first-order valence-corrected chi connectivity index (χ1v) is 15.0. The molecule has 0 bridgehead atoms. The number of benzene rings is 2. The normalized spacial score (nSPS) is 13.3. The van der Waals surface area contributed by atoms with Gasteiger partial charge in [-0.15, -0.1) is 11.3 Å². The molecule has 1 atom stereocenters. The lowest BCUT2D eigenvalue weighted by atomic mass is 9.95. The van der Waals surface area contributed by atoms with Gasteiger partial charge in [0.05, 0.1) is 28.8 Å². The Hall–Kier alpha value is -3.53. The minimum absolute atomic E-state index is 0.216. The lowest BCUT2D eigenvalue weighted by Crippen LogP contribution is -2.17. The summed E-state index contributed by atoms with van der Waals surface area (Å²) in [6.07, 6.45) is 6.64. The van der Waals surface area contributed by atoms with Crippen molar-refractivity contribution < 1.29 is 14.2 Å². The number of anilines is 2. The summed E-state index contributed by atoms with van der Waals surface area (Å²) < 4.78 is 21.2. The smallest absolute Gasteiger partial charge is 0.142 e. The predicted octanol–water partition coefficient (Wildman–Crippen LogP) is 7.57. The van der Waals surface area contributed by atoms with E-state index in [9.17, 15) is 9.50 Å². The molecule has 0 aliphatic heterocycles. The van der Waals surface area contributed by atoms with Crippen LogP contribution in [0.3, 0.4) is 0 Å². The summed E-state index contributed by atoms with van der Waals surface area (Å²) in [5, 5.41) is 20.2. The van der Waals surface area contributed by atoms with Gasteiger partial charge in [0.25, 0.3) is 0 Å². The van der Waals surface area contributed by atoms with Crippen LogP contribution in [-0.4, -0.2) is 31.0 Å². The second-order valence-corrected chi connectivity index (χ2v) is 12.2. The van der Waals surface area contributed by atoms with Crippen LogP contribution in [0.5, 0.6) is 5.75 Å². The predicted molar refractivity (Wildman–Crippen MR) is 162 cm³/mol. The van der Waals surface area contributed by atoms with Gasteiger partial charge in [-0.3, -0.25) is 4.68 Å². The molecule has 3 aromatic heterocycles. The Kier molecular flexibility index (Phi) is 7.92. The first-order valence-electron chi connectivity index (χ1n) is 13.8. The first-order chi connectivity index (χ1) is 19.8. The van der Waals surface area contributed by atoms with Crippen LogP contribution in [-0.2, 0) is 26.0 Å². The van der Waals surface area contributed by atoms with Crippen molar-refractivity contribution in [3.63, 3.8) is 0 Å². The number of nitrogens with one attached hydrogen (secondary N) is 1. The molecule has 10 heteroatoms. The topological polar surface area (TPSA) is 85.1 Å². The molecule has 0 fully saturated rings. The van der Waals surface area contributed by atoms with Gasteiger partial charge >= 0.3 is 0 Å². The summed E-state index contributed by atoms with van der Waals surface area (Å²) in [7, 11) is 0. The Balaban J connectivity index is 1.21. The van der Waals surface area contributed by atoms with Crippen molar-refractivity contribution in [3.8, 4) is 16.2 Å². The van der Waals surface area contributed by atoms with Gasteiger partial charge in [0.2, 0.25) is 0 Å². The number of thiophene rings is 1. The monoisotopic (exact) mass is 591 g/mol. The van der Waals surface area contributed by atoms with Crippen molar-refractivity contribution in [2.75, 3.05) is 5.32 Å². The standard InChI is InChI=1S/C31H31ClFN5O2S/c1-18(2)6-8-22(39)14-38-15-24-26(37-38)10-9-23-28-30(34-17-35-31(28)41-29(23)24)36-21-7-11-27(25(32)13-21)40-16-19-4-3-5-20(33)12-19/h3-5,7,11-13,15,17-18,22,39H,6,8-10,14,16H2,1-2H3,(H,34,35,36)/t22-/m1/s1. The van der Waals surface area contributed by atoms with Gasteiger partial charge in [0.1, 0.15) is 35.1 Å². The van der Waals surface area contributed by atoms with Gasteiger partial charge in [-0.2, -0.15) is 5.10 Å². The zero-order valence-corrected chi connectivity index (χ0v) is 24.5. The molecule has 0 radical (unpaired) electrons. The Morgan fingerprint density at radius 2 is 2.02 bits per heavy atom. The van der Waals surface area contributed by atoms with E-state index in [0.717, 1.165) is 69.1 Å². The molecule has 2 N–H and O–H groups in total. The summed E-state index contributed by atoms with van der Waals surface area (Å²) in [6, 6.07) is 11.8. The van der Waals surface area contributed by atoms with Crippen LogP contribution in [0.15, 0.2) is 55.0 Å². The quantitative estimate of drug-likeness (QED) is 0.174. The fourth-order valence-electron chi connectivity index (χ4n) is 5.17. The fourth-order valence-corrected chi connectivity index (χ4v) is 6.63. The van der Waals surface area contributed by atoms with Crippen LogP contribution >= 0.6 is 22.9 Å². The maximum absolute atomic E-state index is 13.5. The summed E-state index contributed by atoms with van der Waals surface area (Å²) >= 11 is 8.18. The van der Waals surface area contributed by atoms with Crippen LogP contribution in [0, 0.1) is 11.7 Å². The number of halogens is 2. The van der Waals surface area contributed by atoms with Crippen LogP contribution in [0.25, 0.3) is 20.7 Å². The van der Waals surface area contributed by atoms with Crippen molar-refractivity contribution >= 4 is 44.7 Å². The number of aliphatic hydroxyl groups is 1. The number of fused-ring (bicyclic) bond motifs is 5. The molecule has 0 spiro atoms. The molecule has 212 valence electrons. The van der Waals surface area contributed by atoms with Gasteiger partial charge in [0.15, 0.2) is 0 Å². The second kappa shape index (κ2) is 11.8. The molecule has 7 nitrogen and oxygen atoms in total. The van der Waals surface area contributed by atoms with E-state index in [1.165, 1.54) is 17.7 Å². The van der Waals surface area contributed by atoms with E-state index in [2.05, 4.69) is 35.3 Å². The van der Waals surface area contributed by atoms with Crippen molar-refractivity contribution in [1.82, 2.24) is 19.7 Å². The zero-order chi connectivity index (χ0) is 28.5. The molecule has 0 saturated heterocycles. The summed E-state index contributed by atoms with van der Waals surface area (Å²) in [4.78, 5) is 11.2. The fraction of sp³-hybridized carbons (Fsp3) is 0.323. The van der Waals surface area contributed by atoms with Gasteiger partial charge in [-0.25, -0.2) is 14.4 Å².